The highest BCUT2D eigenvalue weighted by Gasteiger charge is 2.36. The van der Waals surface area contributed by atoms with Gasteiger partial charge >= 0.3 is 6.18 Å². The van der Waals surface area contributed by atoms with Crippen LogP contribution in [0, 0.1) is 11.3 Å². The minimum atomic E-state index is -4.78. The normalized spacial score (nSPS) is 11.6. The van der Waals surface area contributed by atoms with Crippen LogP contribution in [0.15, 0.2) is 304 Å². The Morgan fingerprint density at radius 1 is 0.293 bits per heavy atom. The van der Waals surface area contributed by atoms with Gasteiger partial charge in [-0.15, -0.1) is 0 Å². The van der Waals surface area contributed by atoms with Crippen molar-refractivity contribution in [1.29, 1.82) is 5.26 Å². The lowest BCUT2D eigenvalue weighted by atomic mass is 9.94. The summed E-state index contributed by atoms with van der Waals surface area (Å²) in [5.74, 6) is 0. The molecule has 16 aromatic rings. The van der Waals surface area contributed by atoms with Gasteiger partial charge in [-0.3, -0.25) is 19.9 Å². The molecule has 0 saturated heterocycles. The number of halogens is 3. The van der Waals surface area contributed by atoms with E-state index in [0.29, 0.717) is 11.4 Å². The first kappa shape index (κ1) is 55.0. The maximum atomic E-state index is 16.1. The van der Waals surface area contributed by atoms with E-state index in [0.717, 1.165) is 139 Å². The van der Waals surface area contributed by atoms with E-state index in [1.165, 1.54) is 6.07 Å². The average Bonchev–Trinajstić information content (AvgIpc) is 1.54. The summed E-state index contributed by atoms with van der Waals surface area (Å²) in [6.07, 6.45) is 2.47. The third-order valence-electron chi connectivity index (χ3n) is 17.4. The van der Waals surface area contributed by atoms with E-state index in [4.69, 9.17) is 19.9 Å². The van der Waals surface area contributed by atoms with Crippen LogP contribution in [-0.4, -0.2) is 29.1 Å². The maximum Gasteiger partial charge on any atom is 0.417 e. The van der Waals surface area contributed by atoms with Crippen molar-refractivity contribution in [3.05, 3.63) is 315 Å². The lowest BCUT2D eigenvalue weighted by molar-refractivity contribution is -0.137. The van der Waals surface area contributed by atoms with Crippen molar-refractivity contribution in [3.63, 3.8) is 0 Å². The Morgan fingerprint density at radius 3 is 0.870 bits per heavy atom. The minimum Gasteiger partial charge on any atom is -0.308 e. The molecule has 0 aliphatic carbocycles. The molecule has 92 heavy (non-hydrogen) atoms. The van der Waals surface area contributed by atoms with Crippen LogP contribution < -0.4 is 0 Å². The van der Waals surface area contributed by atoms with Gasteiger partial charge in [-0.05, 0) is 165 Å². The Kier molecular flexibility index (Phi) is 13.6. The molecular formula is C82H50F3N7. The van der Waals surface area contributed by atoms with Gasteiger partial charge in [0.2, 0.25) is 0 Å². The van der Waals surface area contributed by atoms with Gasteiger partial charge < -0.3 is 9.13 Å². The lowest BCUT2D eigenvalue weighted by Gasteiger charge is -2.23. The fraction of sp³-hybridized carbons (Fsp3) is 0.0122. The molecule has 0 amide bonds. The Morgan fingerprint density at radius 2 is 0.576 bits per heavy atom. The van der Waals surface area contributed by atoms with Gasteiger partial charge in [0.05, 0.1) is 73.4 Å². The molecule has 10 aromatic carbocycles. The van der Waals surface area contributed by atoms with Gasteiger partial charge in [0.15, 0.2) is 0 Å². The molecule has 0 atom stereocenters. The van der Waals surface area contributed by atoms with Crippen molar-refractivity contribution in [2.75, 3.05) is 0 Å². The molecule has 0 N–H and O–H groups in total. The first-order valence-electron chi connectivity index (χ1n) is 30.2. The number of nitriles is 1. The fourth-order valence-electron chi connectivity index (χ4n) is 13.0. The third kappa shape index (κ3) is 9.91. The van der Waals surface area contributed by atoms with E-state index in [9.17, 15) is 5.26 Å². The van der Waals surface area contributed by atoms with E-state index in [1.54, 1.807) is 24.3 Å². The van der Waals surface area contributed by atoms with Crippen LogP contribution in [0.25, 0.3) is 156 Å². The number of benzene rings is 10. The molecule has 6 heterocycles. The van der Waals surface area contributed by atoms with Gasteiger partial charge in [-0.1, -0.05) is 164 Å². The molecule has 0 unspecified atom stereocenters. The zero-order valence-electron chi connectivity index (χ0n) is 49.1. The number of fused-ring (bicyclic) bond motifs is 6. The first-order valence-corrected chi connectivity index (χ1v) is 30.2. The van der Waals surface area contributed by atoms with Crippen LogP contribution >= 0.6 is 0 Å². The van der Waals surface area contributed by atoms with Crippen molar-refractivity contribution in [2.45, 2.75) is 6.18 Å². The summed E-state index contributed by atoms with van der Waals surface area (Å²) in [4.78, 5) is 19.0. The zero-order chi connectivity index (χ0) is 61.9. The Bertz CT molecular complexity index is 4990. The molecule has 16 rings (SSSR count). The van der Waals surface area contributed by atoms with E-state index in [-0.39, 0.29) is 16.7 Å². The summed E-state index contributed by atoms with van der Waals surface area (Å²) in [5, 5.41) is 14.8. The molecule has 0 radical (unpaired) electrons. The Hall–Kier alpha value is -12.3. The number of hydrogen-bond acceptors (Lipinski definition) is 5. The van der Waals surface area contributed by atoms with Crippen LogP contribution in [0.3, 0.4) is 0 Å². The molecular weight excluding hydrogens is 1140 g/mol. The molecule has 10 heteroatoms. The molecule has 7 nitrogen and oxygen atoms in total. The Balaban J connectivity index is 0.977. The first-order chi connectivity index (χ1) is 45.2. The van der Waals surface area contributed by atoms with Gasteiger partial charge in [0.25, 0.3) is 0 Å². The van der Waals surface area contributed by atoms with Gasteiger partial charge in [0.1, 0.15) is 0 Å². The third-order valence-corrected chi connectivity index (χ3v) is 17.4. The lowest BCUT2D eigenvalue weighted by Crippen LogP contribution is -2.10. The molecule has 0 aliphatic rings. The van der Waals surface area contributed by atoms with Crippen LogP contribution in [-0.2, 0) is 6.18 Å². The molecule has 434 valence electrons. The van der Waals surface area contributed by atoms with Crippen molar-refractivity contribution >= 4 is 43.6 Å². The van der Waals surface area contributed by atoms with E-state index in [2.05, 4.69) is 78.9 Å². The summed E-state index contributed by atoms with van der Waals surface area (Å²) >= 11 is 0. The maximum absolute atomic E-state index is 16.1. The SMILES string of the molecule is N#Cc1cc(-n2c3ccc(-c4ccnc(-c5ccccc5)c4)cc3c3cc(-c4ccnc(-c5ccccc5)c4)ccc32)c(-c2ccccc2C(F)(F)F)c(-n2c3ccc(-c4ccnc(-c5ccccc5)c4)cc3c3cc(-c4ccnc(-c5ccccc5)c4)ccc32)c1. The van der Waals surface area contributed by atoms with Crippen LogP contribution in [0.1, 0.15) is 11.1 Å². The van der Waals surface area contributed by atoms with Gasteiger partial charge in [-0.2, -0.15) is 18.4 Å². The molecule has 0 saturated carbocycles. The highest BCUT2D eigenvalue weighted by molar-refractivity contribution is 6.15. The second-order valence-corrected chi connectivity index (χ2v) is 22.8. The van der Waals surface area contributed by atoms with E-state index >= 15 is 13.2 Å². The molecule has 0 aliphatic heterocycles. The molecule has 0 spiro atoms. The van der Waals surface area contributed by atoms with Crippen molar-refractivity contribution < 1.29 is 13.2 Å². The predicted molar refractivity (Wildman–Crippen MR) is 365 cm³/mol. The number of rotatable bonds is 11. The summed E-state index contributed by atoms with van der Waals surface area (Å²) in [6, 6.07) is 93.1. The summed E-state index contributed by atoms with van der Waals surface area (Å²) in [5.41, 5.74) is 17.9. The Labute approximate surface area is 527 Å². The average molecular weight is 1190 g/mol. The zero-order valence-corrected chi connectivity index (χ0v) is 49.1. The van der Waals surface area contributed by atoms with Crippen molar-refractivity contribution in [2.24, 2.45) is 0 Å². The predicted octanol–water partition coefficient (Wildman–Crippen LogP) is 21.4. The van der Waals surface area contributed by atoms with Crippen LogP contribution in [0.5, 0.6) is 0 Å². The number of pyridine rings is 4. The standard InChI is InChI=1S/C82H50F3N7/c83-82(84,85)70-24-14-13-23-65(70)81-79(91-75-29-25-57(61-33-37-87-71(47-61)53-15-5-1-6-16-53)43-66(75)67-44-58(26-30-76(67)91)62-34-38-88-72(48-62)54-17-7-2-8-18-54)41-52(51-86)42-80(81)92-77-31-27-59(63-35-39-89-73(49-63)55-19-9-3-10-20-55)45-68(77)69-46-60(28-32-78(69)92)64-36-40-90-74(50-64)56-21-11-4-12-22-56/h1-50H. The number of hydrogen-bond donors (Lipinski definition) is 0. The van der Waals surface area contributed by atoms with Crippen LogP contribution in [0.4, 0.5) is 13.2 Å². The smallest absolute Gasteiger partial charge is 0.308 e. The minimum absolute atomic E-state index is 0.0492. The topological polar surface area (TPSA) is 85.2 Å². The molecule has 0 fully saturated rings. The van der Waals surface area contributed by atoms with Gasteiger partial charge in [-0.25, -0.2) is 0 Å². The van der Waals surface area contributed by atoms with E-state index in [1.807, 2.05) is 204 Å². The van der Waals surface area contributed by atoms with Crippen LogP contribution in [0.2, 0.25) is 0 Å². The number of aromatic nitrogens is 6. The van der Waals surface area contributed by atoms with Crippen molar-refractivity contribution in [3.8, 4) is 118 Å². The summed E-state index contributed by atoms with van der Waals surface area (Å²) < 4.78 is 52.5. The van der Waals surface area contributed by atoms with Crippen molar-refractivity contribution in [1.82, 2.24) is 29.1 Å². The monoisotopic (exact) mass is 1190 g/mol. The van der Waals surface area contributed by atoms with Gasteiger partial charge in [0, 0.05) is 74.1 Å². The summed E-state index contributed by atoms with van der Waals surface area (Å²) in [6.45, 7) is 0. The number of alkyl halides is 3. The largest absolute Gasteiger partial charge is 0.417 e. The summed E-state index contributed by atoms with van der Waals surface area (Å²) in [7, 11) is 0. The second kappa shape index (κ2) is 22.7. The quantitative estimate of drug-likeness (QED) is 0.129. The molecule has 6 aromatic heterocycles. The fourth-order valence-corrected chi connectivity index (χ4v) is 13.0. The molecule has 0 bridgehead atoms. The van der Waals surface area contributed by atoms with E-state index < -0.39 is 11.7 Å². The second-order valence-electron chi connectivity index (χ2n) is 22.8. The number of nitrogens with zero attached hydrogens (tertiary/aromatic N) is 7. The highest BCUT2D eigenvalue weighted by atomic mass is 19.4. The highest BCUT2D eigenvalue weighted by Crippen LogP contribution is 2.48.